The van der Waals surface area contributed by atoms with Gasteiger partial charge in [0.15, 0.2) is 0 Å². The normalized spacial score (nSPS) is 19.5. The molecule has 1 aliphatic carbocycles. The summed E-state index contributed by atoms with van der Waals surface area (Å²) in [7, 11) is 0. The summed E-state index contributed by atoms with van der Waals surface area (Å²) in [6.07, 6.45) is 12.6. The Morgan fingerprint density at radius 2 is 1.47 bits per heavy atom. The average Bonchev–Trinajstić information content (AvgIpc) is 2.84. The van der Waals surface area contributed by atoms with Crippen molar-refractivity contribution in [1.29, 1.82) is 0 Å². The van der Waals surface area contributed by atoms with Gasteiger partial charge < -0.3 is 4.74 Å². The highest BCUT2D eigenvalue weighted by atomic mass is 16.5. The van der Waals surface area contributed by atoms with Crippen molar-refractivity contribution in [2.75, 3.05) is 0 Å². The quantitative estimate of drug-likeness (QED) is 0.261. The van der Waals surface area contributed by atoms with Gasteiger partial charge >= 0.3 is 5.97 Å². The van der Waals surface area contributed by atoms with Gasteiger partial charge in [0.1, 0.15) is 6.10 Å². The number of carbonyl (C=O) groups excluding carboxylic acids is 1. The summed E-state index contributed by atoms with van der Waals surface area (Å²) >= 11 is 0. The molecular weight excluding hydrogens is 392 g/mol. The number of ether oxygens (including phenoxy) is 1. The predicted octanol–water partition coefficient (Wildman–Crippen LogP) is 8.69. The Labute approximate surface area is 195 Å². The maximum atomic E-state index is 12.9. The molecular formula is C30H42O2. The lowest BCUT2D eigenvalue weighted by atomic mass is 9.80. The predicted molar refractivity (Wildman–Crippen MR) is 135 cm³/mol. The summed E-state index contributed by atoms with van der Waals surface area (Å²) in [4.78, 5) is 12.9. The van der Waals surface area contributed by atoms with Crippen molar-refractivity contribution in [2.45, 2.75) is 97.5 Å². The van der Waals surface area contributed by atoms with Crippen LogP contribution < -0.4 is 0 Å². The average molecular weight is 435 g/mol. The molecule has 2 aromatic rings. The fourth-order valence-corrected chi connectivity index (χ4v) is 5.04. The number of aryl methyl sites for hydroxylation is 1. The van der Waals surface area contributed by atoms with Crippen LogP contribution in [0.15, 0.2) is 48.5 Å². The number of hydrogen-bond acceptors (Lipinski definition) is 2. The molecule has 0 aliphatic heterocycles. The second kappa shape index (κ2) is 12.8. The third kappa shape index (κ3) is 6.95. The molecule has 0 saturated heterocycles. The van der Waals surface area contributed by atoms with Crippen LogP contribution in [0.4, 0.5) is 0 Å². The van der Waals surface area contributed by atoms with E-state index in [-0.39, 0.29) is 18.0 Å². The van der Waals surface area contributed by atoms with Gasteiger partial charge in [-0.15, -0.1) is 0 Å². The third-order valence-electron chi connectivity index (χ3n) is 7.13. The van der Waals surface area contributed by atoms with Crippen molar-refractivity contribution in [3.8, 4) is 11.1 Å². The van der Waals surface area contributed by atoms with Gasteiger partial charge in [0.05, 0.1) is 5.92 Å². The van der Waals surface area contributed by atoms with Gasteiger partial charge in [-0.3, -0.25) is 4.79 Å². The molecule has 1 fully saturated rings. The summed E-state index contributed by atoms with van der Waals surface area (Å²) < 4.78 is 6.01. The summed E-state index contributed by atoms with van der Waals surface area (Å²) in [6, 6.07) is 17.4. The standard InChI is InChI=1S/C30H42O2/c1-4-7-8-10-24-13-17-28(18-14-24)30(31)32-29(6-3)27-21-19-26(20-22-27)25-15-11-23(9-5-2)12-16-25/h11-12,15-16,19-22,24,28-29H,4-10,13-14,17-18H2,1-3H3. The van der Waals surface area contributed by atoms with Crippen molar-refractivity contribution >= 4 is 5.97 Å². The summed E-state index contributed by atoms with van der Waals surface area (Å²) in [6.45, 7) is 6.57. The van der Waals surface area contributed by atoms with Crippen molar-refractivity contribution in [2.24, 2.45) is 11.8 Å². The molecule has 1 saturated carbocycles. The highest BCUT2D eigenvalue weighted by molar-refractivity contribution is 5.73. The van der Waals surface area contributed by atoms with E-state index < -0.39 is 0 Å². The maximum absolute atomic E-state index is 12.9. The van der Waals surface area contributed by atoms with Crippen molar-refractivity contribution in [1.82, 2.24) is 0 Å². The van der Waals surface area contributed by atoms with Crippen LogP contribution in [0.3, 0.4) is 0 Å². The van der Waals surface area contributed by atoms with E-state index in [0.717, 1.165) is 37.2 Å². The number of carbonyl (C=O) groups is 1. The maximum Gasteiger partial charge on any atom is 0.309 e. The number of rotatable bonds is 11. The molecule has 1 aliphatic rings. The van der Waals surface area contributed by atoms with Gasteiger partial charge in [0, 0.05) is 0 Å². The lowest BCUT2D eigenvalue weighted by Gasteiger charge is -2.28. The fourth-order valence-electron chi connectivity index (χ4n) is 5.04. The fraction of sp³-hybridized carbons (Fsp3) is 0.567. The Balaban J connectivity index is 1.53. The largest absolute Gasteiger partial charge is 0.457 e. The van der Waals surface area contributed by atoms with Crippen LogP contribution in [0, 0.1) is 11.8 Å². The Kier molecular flexibility index (Phi) is 9.84. The second-order valence-electron chi connectivity index (χ2n) is 9.62. The van der Waals surface area contributed by atoms with Crippen LogP contribution in [0.25, 0.3) is 11.1 Å². The number of unbranched alkanes of at least 4 members (excludes halogenated alkanes) is 2. The molecule has 0 radical (unpaired) electrons. The highest BCUT2D eigenvalue weighted by Crippen LogP contribution is 2.34. The second-order valence-corrected chi connectivity index (χ2v) is 9.62. The van der Waals surface area contributed by atoms with Gasteiger partial charge in [-0.1, -0.05) is 101 Å². The Hall–Kier alpha value is -2.09. The first kappa shape index (κ1) is 24.6. The summed E-state index contributed by atoms with van der Waals surface area (Å²) in [5.74, 6) is 0.919. The Morgan fingerprint density at radius 3 is 2.03 bits per heavy atom. The van der Waals surface area contributed by atoms with Crippen LogP contribution in [0.5, 0.6) is 0 Å². The van der Waals surface area contributed by atoms with Gasteiger partial charge in [-0.2, -0.15) is 0 Å². The number of hydrogen-bond donors (Lipinski definition) is 0. The zero-order valence-corrected chi connectivity index (χ0v) is 20.4. The van der Waals surface area contributed by atoms with Crippen molar-refractivity contribution < 1.29 is 9.53 Å². The van der Waals surface area contributed by atoms with E-state index >= 15 is 0 Å². The number of esters is 1. The van der Waals surface area contributed by atoms with E-state index in [4.69, 9.17) is 4.74 Å². The van der Waals surface area contributed by atoms with Crippen molar-refractivity contribution in [3.05, 3.63) is 59.7 Å². The molecule has 1 unspecified atom stereocenters. The lowest BCUT2D eigenvalue weighted by Crippen LogP contribution is -2.25. The molecule has 0 amide bonds. The zero-order chi connectivity index (χ0) is 22.8. The SMILES string of the molecule is CCCCCC1CCC(C(=O)OC(CC)c2ccc(-c3ccc(CCC)cc3)cc2)CC1. The first-order valence-electron chi connectivity index (χ1n) is 13.0. The molecule has 3 rings (SSSR count). The van der Waals surface area contributed by atoms with E-state index in [0.29, 0.717) is 0 Å². The Morgan fingerprint density at radius 1 is 0.844 bits per heavy atom. The lowest BCUT2D eigenvalue weighted by molar-refractivity contribution is -0.156. The van der Waals surface area contributed by atoms with Crippen LogP contribution in [0.2, 0.25) is 0 Å². The summed E-state index contributed by atoms with van der Waals surface area (Å²) in [5, 5.41) is 0. The van der Waals surface area contributed by atoms with E-state index in [1.165, 1.54) is 61.6 Å². The molecule has 0 aromatic heterocycles. The van der Waals surface area contributed by atoms with E-state index in [1.807, 2.05) is 0 Å². The van der Waals surface area contributed by atoms with Gasteiger partial charge in [0.2, 0.25) is 0 Å². The molecule has 2 nitrogen and oxygen atoms in total. The first-order chi connectivity index (χ1) is 15.6. The Bertz CT molecular complexity index is 798. The molecule has 0 heterocycles. The molecule has 32 heavy (non-hydrogen) atoms. The molecule has 0 N–H and O–H groups in total. The summed E-state index contributed by atoms with van der Waals surface area (Å²) in [5.41, 5.74) is 4.93. The van der Waals surface area contributed by atoms with E-state index in [1.54, 1.807) is 0 Å². The third-order valence-corrected chi connectivity index (χ3v) is 7.13. The van der Waals surface area contributed by atoms with Gasteiger partial charge in [-0.25, -0.2) is 0 Å². The van der Waals surface area contributed by atoms with E-state index in [9.17, 15) is 4.79 Å². The van der Waals surface area contributed by atoms with Crippen molar-refractivity contribution in [3.63, 3.8) is 0 Å². The minimum atomic E-state index is -0.147. The minimum Gasteiger partial charge on any atom is -0.457 e. The number of benzene rings is 2. The molecule has 2 aromatic carbocycles. The molecule has 1 atom stereocenters. The highest BCUT2D eigenvalue weighted by Gasteiger charge is 2.29. The van der Waals surface area contributed by atoms with Crippen LogP contribution in [-0.4, -0.2) is 5.97 Å². The van der Waals surface area contributed by atoms with Crippen LogP contribution in [-0.2, 0) is 16.0 Å². The molecule has 0 bridgehead atoms. The molecule has 2 heteroatoms. The zero-order valence-electron chi connectivity index (χ0n) is 20.4. The van der Waals surface area contributed by atoms with Gasteiger partial charge in [0.25, 0.3) is 0 Å². The molecule has 174 valence electrons. The van der Waals surface area contributed by atoms with Gasteiger partial charge in [-0.05, 0) is 66.7 Å². The topological polar surface area (TPSA) is 26.3 Å². The monoisotopic (exact) mass is 434 g/mol. The smallest absolute Gasteiger partial charge is 0.309 e. The first-order valence-corrected chi connectivity index (χ1v) is 13.0. The van der Waals surface area contributed by atoms with E-state index in [2.05, 4.69) is 69.3 Å². The molecule has 0 spiro atoms. The van der Waals surface area contributed by atoms with Crippen LogP contribution >= 0.6 is 0 Å². The minimum absolute atomic E-state index is 0.0134. The van der Waals surface area contributed by atoms with Crippen LogP contribution in [0.1, 0.15) is 102 Å².